The highest BCUT2D eigenvalue weighted by atomic mass is 16.5. The Labute approximate surface area is 557 Å². The number of aliphatic hydroxyl groups excluding tert-OH is 2. The molecule has 0 radical (unpaired) electrons. The molecule has 0 bridgehead atoms. The molecule has 0 rings (SSSR count). The van der Waals surface area contributed by atoms with E-state index in [0.29, 0.717) is 19.4 Å². The van der Waals surface area contributed by atoms with Crippen molar-refractivity contribution in [2.45, 2.75) is 469 Å². The van der Waals surface area contributed by atoms with Crippen LogP contribution in [0.3, 0.4) is 0 Å². The molecule has 2 unspecified atom stereocenters. The number of amides is 1. The summed E-state index contributed by atoms with van der Waals surface area (Å²) in [4.78, 5) is 24.7. The van der Waals surface area contributed by atoms with E-state index in [2.05, 4.69) is 43.5 Å². The van der Waals surface area contributed by atoms with Crippen molar-refractivity contribution in [2.75, 3.05) is 13.2 Å². The molecule has 89 heavy (non-hydrogen) atoms. The van der Waals surface area contributed by atoms with Crippen molar-refractivity contribution in [1.29, 1.82) is 0 Å². The van der Waals surface area contributed by atoms with Gasteiger partial charge in [-0.3, -0.25) is 9.59 Å². The van der Waals surface area contributed by atoms with Crippen LogP contribution in [-0.2, 0) is 14.3 Å². The molecule has 0 aromatic rings. The largest absolute Gasteiger partial charge is 0.466 e. The SMILES string of the molecule is CCCCC/C=C\C/C=C\CCCCCCCCCCCC(=O)OCCCCCCCCCCCCCCCCCCCCCCCCCCCCCCC(=O)NC(CO)C(O)/C=C/CCCCCCCCCCCCCCCCCCCCCCCCC. The number of carbonyl (C=O) groups is 2. The van der Waals surface area contributed by atoms with E-state index < -0.39 is 12.1 Å². The number of ether oxygens (including phenoxy) is 1. The summed E-state index contributed by atoms with van der Waals surface area (Å²) >= 11 is 0. The van der Waals surface area contributed by atoms with Gasteiger partial charge in [0, 0.05) is 12.8 Å². The Morgan fingerprint density at radius 3 is 0.876 bits per heavy atom. The molecule has 1 amide bonds. The molecule has 0 aliphatic carbocycles. The lowest BCUT2D eigenvalue weighted by Crippen LogP contribution is -2.45. The molecule has 0 aromatic heterocycles. The van der Waals surface area contributed by atoms with Crippen molar-refractivity contribution in [2.24, 2.45) is 0 Å². The molecule has 6 nitrogen and oxygen atoms in total. The third kappa shape index (κ3) is 75.0. The van der Waals surface area contributed by atoms with Crippen LogP contribution in [0, 0.1) is 0 Å². The molecule has 3 N–H and O–H groups in total. The molecule has 0 fully saturated rings. The van der Waals surface area contributed by atoms with Crippen LogP contribution < -0.4 is 5.32 Å². The van der Waals surface area contributed by atoms with Crippen LogP contribution in [0.25, 0.3) is 0 Å². The van der Waals surface area contributed by atoms with Crippen molar-refractivity contribution >= 4 is 11.9 Å². The lowest BCUT2D eigenvalue weighted by Gasteiger charge is -2.20. The third-order valence-corrected chi connectivity index (χ3v) is 19.2. The molecule has 2 atom stereocenters. The highest BCUT2D eigenvalue weighted by molar-refractivity contribution is 5.76. The van der Waals surface area contributed by atoms with Gasteiger partial charge >= 0.3 is 5.97 Å². The van der Waals surface area contributed by atoms with Crippen LogP contribution in [-0.4, -0.2) is 47.4 Å². The van der Waals surface area contributed by atoms with Gasteiger partial charge in [-0.1, -0.05) is 416 Å². The molecule has 0 aliphatic heterocycles. The maximum atomic E-state index is 12.6. The second-order valence-corrected chi connectivity index (χ2v) is 28.1. The fraction of sp³-hybridized carbons (Fsp3) is 0.904. The molecule has 0 aliphatic rings. The van der Waals surface area contributed by atoms with Crippen molar-refractivity contribution in [3.63, 3.8) is 0 Å². The molecule has 526 valence electrons. The van der Waals surface area contributed by atoms with Crippen molar-refractivity contribution in [3.05, 3.63) is 36.5 Å². The van der Waals surface area contributed by atoms with Crippen LogP contribution in [0.2, 0.25) is 0 Å². The van der Waals surface area contributed by atoms with Gasteiger partial charge in [-0.05, 0) is 64.2 Å². The van der Waals surface area contributed by atoms with Crippen LogP contribution in [0.1, 0.15) is 457 Å². The summed E-state index contributed by atoms with van der Waals surface area (Å²) in [6.45, 7) is 4.93. The predicted octanol–water partition coefficient (Wildman–Crippen LogP) is 27.0. The number of rotatable bonds is 77. The van der Waals surface area contributed by atoms with Crippen molar-refractivity contribution in [1.82, 2.24) is 5.32 Å². The molecule has 6 heteroatoms. The molecule has 0 saturated heterocycles. The maximum absolute atomic E-state index is 12.6. The first-order valence-electron chi connectivity index (χ1n) is 40.8. The average Bonchev–Trinajstić information content (AvgIpc) is 3.57. The summed E-state index contributed by atoms with van der Waals surface area (Å²) in [7, 11) is 0. The number of allylic oxidation sites excluding steroid dienone is 5. The maximum Gasteiger partial charge on any atom is 0.305 e. The zero-order valence-corrected chi connectivity index (χ0v) is 60.4. The zero-order chi connectivity index (χ0) is 64.2. The first-order chi connectivity index (χ1) is 44.0. The number of hydrogen-bond donors (Lipinski definition) is 3. The predicted molar refractivity (Wildman–Crippen MR) is 393 cm³/mol. The smallest absolute Gasteiger partial charge is 0.305 e. The monoisotopic (exact) mass is 1250 g/mol. The van der Waals surface area contributed by atoms with Gasteiger partial charge in [-0.15, -0.1) is 0 Å². The molecular weight excluding hydrogens is 1090 g/mol. The lowest BCUT2D eigenvalue weighted by molar-refractivity contribution is -0.143. The van der Waals surface area contributed by atoms with Gasteiger partial charge in [-0.25, -0.2) is 0 Å². The van der Waals surface area contributed by atoms with Crippen LogP contribution in [0.4, 0.5) is 0 Å². The van der Waals surface area contributed by atoms with Gasteiger partial charge in [0.2, 0.25) is 5.91 Å². The molecule has 0 saturated carbocycles. The number of unbranched alkanes of at least 4 members (excludes halogenated alkanes) is 62. The fourth-order valence-corrected chi connectivity index (χ4v) is 13.0. The number of esters is 1. The van der Waals surface area contributed by atoms with Gasteiger partial charge in [0.05, 0.1) is 25.4 Å². The minimum Gasteiger partial charge on any atom is -0.466 e. The standard InChI is InChI=1S/C83H159NO5/c1-3-5-7-9-11-13-15-17-19-21-23-24-25-30-33-36-40-43-47-51-55-59-63-67-71-75-81(86)80(79-85)84-82(87)76-72-68-64-60-56-52-48-44-41-37-34-31-28-26-27-29-32-35-38-42-46-50-54-58-62-66-70-74-78-89-83(88)77-73-69-65-61-57-53-49-45-39-22-20-18-16-14-12-10-8-6-4-2/h12,14,18,20,71,75,80-81,85-86H,3-11,13,15-17,19,21-70,72-74,76-79H2,1-2H3,(H,84,87)/b14-12-,20-18-,75-71+. The Bertz CT molecular complexity index is 1440. The summed E-state index contributed by atoms with van der Waals surface area (Å²) in [6.07, 6.45) is 103. The number of carbonyl (C=O) groups excluding carboxylic acids is 2. The lowest BCUT2D eigenvalue weighted by atomic mass is 10.0. The molecule has 0 heterocycles. The topological polar surface area (TPSA) is 95.9 Å². The summed E-state index contributed by atoms with van der Waals surface area (Å²) in [6, 6.07) is -0.627. The van der Waals surface area contributed by atoms with Gasteiger partial charge < -0.3 is 20.3 Å². The van der Waals surface area contributed by atoms with E-state index in [0.717, 1.165) is 51.4 Å². The molecule has 0 aromatic carbocycles. The highest BCUT2D eigenvalue weighted by Crippen LogP contribution is 2.20. The van der Waals surface area contributed by atoms with Gasteiger partial charge in [0.25, 0.3) is 0 Å². The minimum atomic E-state index is -0.844. The fourth-order valence-electron chi connectivity index (χ4n) is 13.0. The van der Waals surface area contributed by atoms with Crippen LogP contribution >= 0.6 is 0 Å². The summed E-state index contributed by atoms with van der Waals surface area (Å²) < 4.78 is 5.52. The zero-order valence-electron chi connectivity index (χ0n) is 60.4. The Hall–Kier alpha value is -1.92. The van der Waals surface area contributed by atoms with Crippen LogP contribution in [0.5, 0.6) is 0 Å². The van der Waals surface area contributed by atoms with E-state index >= 15 is 0 Å². The minimum absolute atomic E-state index is 0.0156. The second kappa shape index (κ2) is 78.5. The summed E-state index contributed by atoms with van der Waals surface area (Å²) in [5, 5.41) is 23.3. The number of aliphatic hydroxyl groups is 2. The quantitative estimate of drug-likeness (QED) is 0.0320. The van der Waals surface area contributed by atoms with Crippen LogP contribution in [0.15, 0.2) is 36.5 Å². The Morgan fingerprint density at radius 1 is 0.315 bits per heavy atom. The van der Waals surface area contributed by atoms with Gasteiger partial charge in [-0.2, -0.15) is 0 Å². The van der Waals surface area contributed by atoms with Crippen molar-refractivity contribution < 1.29 is 24.5 Å². The van der Waals surface area contributed by atoms with E-state index in [1.165, 1.54) is 379 Å². The average molecular weight is 1250 g/mol. The normalized spacial score (nSPS) is 12.6. The Morgan fingerprint density at radius 2 is 0.562 bits per heavy atom. The van der Waals surface area contributed by atoms with Gasteiger partial charge in [0.1, 0.15) is 0 Å². The summed E-state index contributed by atoms with van der Waals surface area (Å²) in [5.74, 6) is -0.0439. The molecule has 0 spiro atoms. The van der Waals surface area contributed by atoms with E-state index in [-0.39, 0.29) is 18.5 Å². The van der Waals surface area contributed by atoms with Gasteiger partial charge in [0.15, 0.2) is 0 Å². The third-order valence-electron chi connectivity index (χ3n) is 19.2. The number of nitrogens with one attached hydrogen (secondary N) is 1. The number of hydrogen-bond acceptors (Lipinski definition) is 5. The first-order valence-corrected chi connectivity index (χ1v) is 40.8. The van der Waals surface area contributed by atoms with E-state index in [1.807, 2.05) is 6.08 Å². The van der Waals surface area contributed by atoms with E-state index in [9.17, 15) is 19.8 Å². The second-order valence-electron chi connectivity index (χ2n) is 28.1. The van der Waals surface area contributed by atoms with E-state index in [4.69, 9.17) is 4.74 Å². The Balaban J connectivity index is 3.36. The highest BCUT2D eigenvalue weighted by Gasteiger charge is 2.18. The van der Waals surface area contributed by atoms with E-state index in [1.54, 1.807) is 6.08 Å². The Kier molecular flexibility index (Phi) is 76.8. The van der Waals surface area contributed by atoms with Crippen molar-refractivity contribution in [3.8, 4) is 0 Å². The summed E-state index contributed by atoms with van der Waals surface area (Å²) in [5.41, 5.74) is 0. The molecular formula is C83H159NO5. The first kappa shape index (κ1) is 87.1.